The summed E-state index contributed by atoms with van der Waals surface area (Å²) in [5, 5.41) is 14.0. The molecule has 4 nitrogen and oxygen atoms in total. The molecule has 1 aromatic heterocycles. The van der Waals surface area contributed by atoms with Gasteiger partial charge in [0.1, 0.15) is 0 Å². The Labute approximate surface area is 117 Å². The molecule has 0 saturated carbocycles. The normalized spacial score (nSPS) is 14.1. The second-order valence-corrected chi connectivity index (χ2v) is 6.27. The number of carboxylic acids is 1. The van der Waals surface area contributed by atoms with Crippen LogP contribution in [0.5, 0.6) is 0 Å². The van der Waals surface area contributed by atoms with E-state index in [1.807, 2.05) is 31.4 Å². The van der Waals surface area contributed by atoms with Gasteiger partial charge in [-0.05, 0) is 30.7 Å². The highest BCUT2D eigenvalue weighted by Gasteiger charge is 2.38. The van der Waals surface area contributed by atoms with E-state index in [4.69, 9.17) is 0 Å². The molecule has 0 aliphatic heterocycles. The average Bonchev–Trinajstić information content (AvgIpc) is 2.81. The largest absolute Gasteiger partial charge is 0.481 e. The topological polar surface area (TPSA) is 66.4 Å². The van der Waals surface area contributed by atoms with E-state index in [0.29, 0.717) is 6.54 Å². The number of hydrogen-bond acceptors (Lipinski definition) is 3. The summed E-state index contributed by atoms with van der Waals surface area (Å²) in [4.78, 5) is 24.3. The van der Waals surface area contributed by atoms with Crippen LogP contribution in [0.4, 0.5) is 0 Å². The van der Waals surface area contributed by atoms with E-state index in [0.717, 1.165) is 6.42 Å². The van der Waals surface area contributed by atoms with Crippen molar-refractivity contribution in [2.75, 3.05) is 6.54 Å². The van der Waals surface area contributed by atoms with Crippen LogP contribution >= 0.6 is 11.3 Å². The SMILES string of the molecule is CC(C)C(C)(CC(=O)NCCc1cccs1)C(=O)O. The van der Waals surface area contributed by atoms with Crippen molar-refractivity contribution >= 4 is 23.2 Å². The molecule has 1 aromatic rings. The Hall–Kier alpha value is -1.36. The number of carbonyl (C=O) groups is 2. The van der Waals surface area contributed by atoms with Crippen molar-refractivity contribution in [1.29, 1.82) is 0 Å². The van der Waals surface area contributed by atoms with Crippen molar-refractivity contribution < 1.29 is 14.7 Å². The van der Waals surface area contributed by atoms with Gasteiger partial charge in [-0.1, -0.05) is 19.9 Å². The van der Waals surface area contributed by atoms with Crippen LogP contribution in [0.15, 0.2) is 17.5 Å². The van der Waals surface area contributed by atoms with Crippen LogP contribution in [0.25, 0.3) is 0 Å². The summed E-state index contributed by atoms with van der Waals surface area (Å²) in [5.41, 5.74) is -1.01. The Bertz CT molecular complexity index is 428. The summed E-state index contributed by atoms with van der Waals surface area (Å²) >= 11 is 1.65. The van der Waals surface area contributed by atoms with Gasteiger partial charge in [-0.2, -0.15) is 0 Å². The van der Waals surface area contributed by atoms with Crippen molar-refractivity contribution in [2.24, 2.45) is 11.3 Å². The van der Waals surface area contributed by atoms with E-state index in [-0.39, 0.29) is 18.2 Å². The molecule has 1 rings (SSSR count). The summed E-state index contributed by atoms with van der Waals surface area (Å²) in [6.07, 6.45) is 0.805. The van der Waals surface area contributed by atoms with Gasteiger partial charge in [0.2, 0.25) is 5.91 Å². The summed E-state index contributed by atoms with van der Waals surface area (Å²) in [6, 6.07) is 3.99. The Balaban J connectivity index is 2.43. The van der Waals surface area contributed by atoms with Gasteiger partial charge < -0.3 is 10.4 Å². The Morgan fingerprint density at radius 1 is 1.47 bits per heavy atom. The third-order valence-electron chi connectivity index (χ3n) is 3.56. The molecule has 0 radical (unpaired) electrons. The fourth-order valence-electron chi connectivity index (χ4n) is 1.70. The van der Waals surface area contributed by atoms with E-state index < -0.39 is 11.4 Å². The standard InChI is InChI=1S/C14H21NO3S/c1-10(2)14(3,13(17)18)9-12(16)15-7-6-11-5-4-8-19-11/h4-5,8,10H,6-7,9H2,1-3H3,(H,15,16)(H,17,18). The lowest BCUT2D eigenvalue weighted by molar-refractivity contribution is -0.153. The molecule has 5 heteroatoms. The van der Waals surface area contributed by atoms with Gasteiger partial charge in [-0.25, -0.2) is 0 Å². The zero-order valence-electron chi connectivity index (χ0n) is 11.6. The van der Waals surface area contributed by atoms with Crippen molar-refractivity contribution in [2.45, 2.75) is 33.6 Å². The third kappa shape index (κ3) is 4.35. The van der Waals surface area contributed by atoms with E-state index in [1.54, 1.807) is 18.3 Å². The quantitative estimate of drug-likeness (QED) is 0.808. The highest BCUT2D eigenvalue weighted by atomic mass is 32.1. The second-order valence-electron chi connectivity index (χ2n) is 5.23. The van der Waals surface area contributed by atoms with Gasteiger partial charge in [0, 0.05) is 17.8 Å². The first-order chi connectivity index (χ1) is 8.86. The van der Waals surface area contributed by atoms with Crippen molar-refractivity contribution in [3.8, 4) is 0 Å². The number of rotatable bonds is 7. The minimum Gasteiger partial charge on any atom is -0.481 e. The fraction of sp³-hybridized carbons (Fsp3) is 0.571. The number of aliphatic carboxylic acids is 1. The zero-order valence-corrected chi connectivity index (χ0v) is 12.4. The molecule has 1 atom stereocenters. The van der Waals surface area contributed by atoms with Gasteiger partial charge in [0.25, 0.3) is 0 Å². The van der Waals surface area contributed by atoms with Gasteiger partial charge in [0.05, 0.1) is 5.41 Å². The van der Waals surface area contributed by atoms with Crippen LogP contribution < -0.4 is 5.32 Å². The Kier molecular flexibility index (Phi) is 5.54. The molecule has 1 unspecified atom stereocenters. The lowest BCUT2D eigenvalue weighted by atomic mass is 9.76. The van der Waals surface area contributed by atoms with E-state index in [9.17, 15) is 14.7 Å². The monoisotopic (exact) mass is 283 g/mol. The molecule has 2 N–H and O–H groups in total. The highest BCUT2D eigenvalue weighted by Crippen LogP contribution is 2.31. The molecule has 0 fully saturated rings. The number of nitrogens with one attached hydrogen (secondary N) is 1. The number of hydrogen-bond donors (Lipinski definition) is 2. The predicted molar refractivity (Wildman–Crippen MR) is 76.2 cm³/mol. The maximum atomic E-state index is 11.8. The van der Waals surface area contributed by atoms with E-state index in [2.05, 4.69) is 5.32 Å². The van der Waals surface area contributed by atoms with Crippen LogP contribution in [0, 0.1) is 11.3 Å². The fourth-order valence-corrected chi connectivity index (χ4v) is 2.41. The lowest BCUT2D eigenvalue weighted by Gasteiger charge is -2.28. The number of amides is 1. The molecule has 19 heavy (non-hydrogen) atoms. The molecule has 1 heterocycles. The maximum absolute atomic E-state index is 11.8. The number of thiophene rings is 1. The third-order valence-corrected chi connectivity index (χ3v) is 4.50. The van der Waals surface area contributed by atoms with Gasteiger partial charge in [-0.15, -0.1) is 11.3 Å². The molecule has 0 spiro atoms. The molecule has 1 amide bonds. The minimum absolute atomic E-state index is 0.0183. The van der Waals surface area contributed by atoms with E-state index >= 15 is 0 Å². The average molecular weight is 283 g/mol. The van der Waals surface area contributed by atoms with Crippen molar-refractivity contribution in [3.05, 3.63) is 22.4 Å². The number of carboxylic acid groups (broad SMARTS) is 1. The van der Waals surface area contributed by atoms with Crippen LogP contribution in [-0.4, -0.2) is 23.5 Å². The van der Waals surface area contributed by atoms with Crippen LogP contribution in [-0.2, 0) is 16.0 Å². The Morgan fingerprint density at radius 2 is 2.16 bits per heavy atom. The summed E-state index contributed by atoms with van der Waals surface area (Å²) in [5.74, 6) is -1.21. The first kappa shape index (κ1) is 15.7. The van der Waals surface area contributed by atoms with Gasteiger partial charge >= 0.3 is 5.97 Å². The molecular formula is C14H21NO3S. The molecule has 0 aliphatic carbocycles. The summed E-state index contributed by atoms with van der Waals surface area (Å²) in [6.45, 7) is 5.83. The molecule has 106 valence electrons. The predicted octanol–water partition coefficient (Wildman–Crippen LogP) is 2.54. The minimum atomic E-state index is -1.01. The van der Waals surface area contributed by atoms with Crippen molar-refractivity contribution in [1.82, 2.24) is 5.32 Å². The molecular weight excluding hydrogens is 262 g/mol. The van der Waals surface area contributed by atoms with Crippen LogP contribution in [0.3, 0.4) is 0 Å². The van der Waals surface area contributed by atoms with Gasteiger partial charge in [0.15, 0.2) is 0 Å². The van der Waals surface area contributed by atoms with Gasteiger partial charge in [-0.3, -0.25) is 9.59 Å². The second kappa shape index (κ2) is 6.70. The van der Waals surface area contributed by atoms with E-state index in [1.165, 1.54) is 4.88 Å². The molecule has 0 aromatic carbocycles. The first-order valence-corrected chi connectivity index (χ1v) is 7.26. The Morgan fingerprint density at radius 3 is 2.63 bits per heavy atom. The summed E-state index contributed by atoms with van der Waals surface area (Å²) in [7, 11) is 0. The first-order valence-electron chi connectivity index (χ1n) is 6.38. The molecule has 0 aliphatic rings. The molecule has 0 saturated heterocycles. The maximum Gasteiger partial charge on any atom is 0.310 e. The number of carbonyl (C=O) groups excluding carboxylic acids is 1. The van der Waals surface area contributed by atoms with Crippen LogP contribution in [0.1, 0.15) is 32.1 Å². The summed E-state index contributed by atoms with van der Waals surface area (Å²) < 4.78 is 0. The zero-order chi connectivity index (χ0) is 14.5. The lowest BCUT2D eigenvalue weighted by Crippen LogP contribution is -2.39. The van der Waals surface area contributed by atoms with Crippen LogP contribution in [0.2, 0.25) is 0 Å². The van der Waals surface area contributed by atoms with Crippen molar-refractivity contribution in [3.63, 3.8) is 0 Å². The smallest absolute Gasteiger partial charge is 0.310 e. The highest BCUT2D eigenvalue weighted by molar-refractivity contribution is 7.09. The molecule has 0 bridgehead atoms.